The van der Waals surface area contributed by atoms with Crippen LogP contribution in [-0.2, 0) is 20.5 Å². The maximum absolute atomic E-state index is 11.0. The van der Waals surface area contributed by atoms with Crippen molar-refractivity contribution in [2.45, 2.75) is 6.42 Å². The zero-order chi connectivity index (χ0) is 14.3. The van der Waals surface area contributed by atoms with Crippen molar-refractivity contribution in [1.82, 2.24) is 14.1 Å². The SMILES string of the molecule is Cn1cc(Cc2cn(C)c3ccccc23)nc1C(=O)O. The number of rotatable bonds is 3. The number of aromatic carboxylic acids is 1. The van der Waals surface area contributed by atoms with Crippen LogP contribution < -0.4 is 0 Å². The standard InChI is InChI=1S/C15H15N3O2/c1-17-8-10(12-5-3-4-6-13(12)17)7-11-9-18(2)14(16-11)15(19)20/h3-6,8-9H,7H2,1-2H3,(H,19,20). The van der Waals surface area contributed by atoms with Crippen molar-refractivity contribution in [3.63, 3.8) is 0 Å². The Balaban J connectivity index is 2.01. The van der Waals surface area contributed by atoms with E-state index in [1.165, 1.54) is 5.39 Å². The molecule has 102 valence electrons. The number of fused-ring (bicyclic) bond motifs is 1. The second kappa shape index (κ2) is 4.52. The number of carbonyl (C=O) groups is 1. The summed E-state index contributed by atoms with van der Waals surface area (Å²) in [6.45, 7) is 0. The highest BCUT2D eigenvalue weighted by Crippen LogP contribution is 2.22. The molecule has 0 radical (unpaired) electrons. The number of hydrogen-bond acceptors (Lipinski definition) is 2. The normalized spacial score (nSPS) is 11.1. The van der Waals surface area contributed by atoms with Crippen LogP contribution in [0.1, 0.15) is 21.9 Å². The lowest BCUT2D eigenvalue weighted by molar-refractivity contribution is 0.0679. The van der Waals surface area contributed by atoms with Crippen molar-refractivity contribution in [2.75, 3.05) is 0 Å². The van der Waals surface area contributed by atoms with Crippen LogP contribution in [0.5, 0.6) is 0 Å². The topological polar surface area (TPSA) is 60.0 Å². The van der Waals surface area contributed by atoms with E-state index < -0.39 is 5.97 Å². The van der Waals surface area contributed by atoms with Crippen molar-refractivity contribution in [3.05, 3.63) is 53.7 Å². The van der Waals surface area contributed by atoms with Gasteiger partial charge in [0.15, 0.2) is 0 Å². The smallest absolute Gasteiger partial charge is 0.372 e. The quantitative estimate of drug-likeness (QED) is 0.793. The number of carboxylic acid groups (broad SMARTS) is 1. The molecule has 3 rings (SSSR count). The Morgan fingerprint density at radius 1 is 1.20 bits per heavy atom. The van der Waals surface area contributed by atoms with Crippen LogP contribution in [0.25, 0.3) is 10.9 Å². The first kappa shape index (κ1) is 12.5. The van der Waals surface area contributed by atoms with Crippen molar-refractivity contribution in [3.8, 4) is 0 Å². The average molecular weight is 269 g/mol. The molecule has 1 aromatic carbocycles. The lowest BCUT2D eigenvalue weighted by Crippen LogP contribution is -2.05. The first-order valence-electron chi connectivity index (χ1n) is 6.34. The van der Waals surface area contributed by atoms with E-state index in [-0.39, 0.29) is 5.82 Å². The third-order valence-electron chi connectivity index (χ3n) is 3.47. The number of aryl methyl sites for hydroxylation is 2. The second-order valence-electron chi connectivity index (χ2n) is 4.93. The molecule has 0 spiro atoms. The van der Waals surface area contributed by atoms with Gasteiger partial charge in [0.25, 0.3) is 0 Å². The fourth-order valence-electron chi connectivity index (χ4n) is 2.57. The molecular weight excluding hydrogens is 254 g/mol. The fourth-order valence-corrected chi connectivity index (χ4v) is 2.57. The van der Waals surface area contributed by atoms with Gasteiger partial charge in [0.1, 0.15) is 0 Å². The molecule has 20 heavy (non-hydrogen) atoms. The predicted octanol–water partition coefficient (Wildman–Crippen LogP) is 2.20. The average Bonchev–Trinajstić information content (AvgIpc) is 2.92. The highest BCUT2D eigenvalue weighted by atomic mass is 16.4. The van der Waals surface area contributed by atoms with E-state index in [2.05, 4.69) is 27.9 Å². The fraction of sp³-hybridized carbons (Fsp3) is 0.200. The molecule has 0 bridgehead atoms. The molecule has 0 saturated heterocycles. The first-order valence-corrected chi connectivity index (χ1v) is 6.34. The largest absolute Gasteiger partial charge is 0.475 e. The molecule has 5 heteroatoms. The van der Waals surface area contributed by atoms with Gasteiger partial charge in [-0.15, -0.1) is 0 Å². The molecule has 5 nitrogen and oxygen atoms in total. The van der Waals surface area contributed by atoms with E-state index in [1.54, 1.807) is 17.8 Å². The van der Waals surface area contributed by atoms with Crippen molar-refractivity contribution in [2.24, 2.45) is 14.1 Å². The number of hydrogen-bond donors (Lipinski definition) is 1. The minimum Gasteiger partial charge on any atom is -0.475 e. The number of imidazole rings is 1. The van der Waals surface area contributed by atoms with Crippen LogP contribution in [0.15, 0.2) is 36.7 Å². The van der Waals surface area contributed by atoms with Gasteiger partial charge in [-0.2, -0.15) is 0 Å². The Hall–Kier alpha value is -2.56. The molecule has 0 aliphatic carbocycles. The molecule has 0 aliphatic heterocycles. The monoisotopic (exact) mass is 269 g/mol. The van der Waals surface area contributed by atoms with Gasteiger partial charge in [0.2, 0.25) is 5.82 Å². The van der Waals surface area contributed by atoms with Crippen molar-refractivity contribution in [1.29, 1.82) is 0 Å². The summed E-state index contributed by atoms with van der Waals surface area (Å²) >= 11 is 0. The van der Waals surface area contributed by atoms with Crippen molar-refractivity contribution < 1.29 is 9.90 Å². The molecule has 0 atom stereocenters. The molecule has 3 aromatic rings. The van der Waals surface area contributed by atoms with Gasteiger partial charge in [-0.05, 0) is 11.6 Å². The van der Waals surface area contributed by atoms with Crippen LogP contribution in [0.4, 0.5) is 0 Å². The highest BCUT2D eigenvalue weighted by molar-refractivity contribution is 5.85. The van der Waals surface area contributed by atoms with E-state index in [9.17, 15) is 4.79 Å². The summed E-state index contributed by atoms with van der Waals surface area (Å²) in [5, 5.41) is 10.2. The van der Waals surface area contributed by atoms with Crippen molar-refractivity contribution >= 4 is 16.9 Å². The predicted molar refractivity (Wildman–Crippen MR) is 75.9 cm³/mol. The van der Waals surface area contributed by atoms with Crippen LogP contribution in [0, 0.1) is 0 Å². The Morgan fingerprint density at radius 3 is 2.65 bits per heavy atom. The molecule has 2 aromatic heterocycles. The third-order valence-corrected chi connectivity index (χ3v) is 3.47. The second-order valence-corrected chi connectivity index (χ2v) is 4.93. The van der Waals surface area contributed by atoms with Crippen LogP contribution in [0.3, 0.4) is 0 Å². The summed E-state index contributed by atoms with van der Waals surface area (Å²) < 4.78 is 3.62. The Kier molecular flexibility index (Phi) is 2.82. The van der Waals surface area contributed by atoms with Crippen LogP contribution >= 0.6 is 0 Å². The Bertz CT molecular complexity index is 799. The Morgan fingerprint density at radius 2 is 1.95 bits per heavy atom. The van der Waals surface area contributed by atoms with Gasteiger partial charge in [-0.1, -0.05) is 18.2 Å². The maximum atomic E-state index is 11.0. The zero-order valence-electron chi connectivity index (χ0n) is 11.4. The number of aromatic nitrogens is 3. The molecule has 0 fully saturated rings. The lowest BCUT2D eigenvalue weighted by atomic mass is 10.1. The lowest BCUT2D eigenvalue weighted by Gasteiger charge is -1.95. The molecule has 1 N–H and O–H groups in total. The minimum absolute atomic E-state index is 0.0697. The van der Waals surface area contributed by atoms with E-state index in [0.29, 0.717) is 6.42 Å². The van der Waals surface area contributed by atoms with Gasteiger partial charge in [-0.3, -0.25) is 0 Å². The summed E-state index contributed by atoms with van der Waals surface area (Å²) in [5.41, 5.74) is 3.08. The summed E-state index contributed by atoms with van der Waals surface area (Å²) in [4.78, 5) is 15.2. The Labute approximate surface area is 116 Å². The van der Waals surface area contributed by atoms with Gasteiger partial charge >= 0.3 is 5.97 Å². The summed E-state index contributed by atoms with van der Waals surface area (Å²) in [6, 6.07) is 8.16. The highest BCUT2D eigenvalue weighted by Gasteiger charge is 2.14. The number of benzene rings is 1. The summed E-state index contributed by atoms with van der Waals surface area (Å²) in [5.74, 6) is -0.933. The number of para-hydroxylation sites is 1. The molecular formula is C15H15N3O2. The first-order chi connectivity index (χ1) is 9.56. The molecule has 2 heterocycles. The van der Waals surface area contributed by atoms with Crippen LogP contribution in [0.2, 0.25) is 0 Å². The van der Waals surface area contributed by atoms with Gasteiger partial charge in [-0.25, -0.2) is 9.78 Å². The van der Waals surface area contributed by atoms with E-state index in [0.717, 1.165) is 16.8 Å². The molecule has 0 amide bonds. The van der Waals surface area contributed by atoms with E-state index in [4.69, 9.17) is 5.11 Å². The molecule has 0 saturated carbocycles. The van der Waals surface area contributed by atoms with Gasteiger partial charge < -0.3 is 14.2 Å². The minimum atomic E-state index is -1.00. The molecule has 0 unspecified atom stereocenters. The van der Waals surface area contributed by atoms with E-state index in [1.807, 2.05) is 19.2 Å². The zero-order valence-corrected chi connectivity index (χ0v) is 11.4. The van der Waals surface area contributed by atoms with Gasteiger partial charge in [0, 0.05) is 43.8 Å². The van der Waals surface area contributed by atoms with Crippen LogP contribution in [-0.4, -0.2) is 25.2 Å². The van der Waals surface area contributed by atoms with Gasteiger partial charge in [0.05, 0.1) is 5.69 Å². The number of nitrogens with zero attached hydrogens (tertiary/aromatic N) is 3. The maximum Gasteiger partial charge on any atom is 0.372 e. The molecule has 0 aliphatic rings. The summed E-state index contributed by atoms with van der Waals surface area (Å²) in [6.07, 6.45) is 4.47. The third kappa shape index (κ3) is 1.97. The summed E-state index contributed by atoms with van der Waals surface area (Å²) in [7, 11) is 3.70. The number of carboxylic acids is 1. The van der Waals surface area contributed by atoms with E-state index >= 15 is 0 Å².